The van der Waals surface area contributed by atoms with Gasteiger partial charge >= 0.3 is 17.9 Å². The van der Waals surface area contributed by atoms with Crippen LogP contribution in [-0.2, 0) is 28.6 Å². The number of esters is 3. The molecule has 452 valence electrons. The molecule has 0 rings (SSSR count). The number of ether oxygens (including phenoxy) is 3. The summed E-state index contributed by atoms with van der Waals surface area (Å²) in [6, 6.07) is 0. The Hall–Kier alpha value is -3.15. The lowest BCUT2D eigenvalue weighted by Gasteiger charge is -2.18. The zero-order chi connectivity index (χ0) is 56.4. The van der Waals surface area contributed by atoms with Crippen molar-refractivity contribution in [2.24, 2.45) is 0 Å². The average Bonchev–Trinajstić information content (AvgIpc) is 3.44. The molecule has 0 aliphatic heterocycles. The molecule has 1 atom stereocenters. The summed E-state index contributed by atoms with van der Waals surface area (Å²) in [6.45, 7) is 6.56. The van der Waals surface area contributed by atoms with Crippen LogP contribution in [0.25, 0.3) is 0 Å². The molecule has 0 aliphatic carbocycles. The fourth-order valence-corrected chi connectivity index (χ4v) is 9.78. The van der Waals surface area contributed by atoms with Crippen molar-refractivity contribution >= 4 is 17.9 Å². The summed E-state index contributed by atoms with van der Waals surface area (Å²) in [5, 5.41) is 0. The van der Waals surface area contributed by atoms with E-state index in [2.05, 4.69) is 93.7 Å². The number of allylic oxidation sites excluding steroid dienone is 12. The lowest BCUT2D eigenvalue weighted by atomic mass is 10.0. The lowest BCUT2D eigenvalue weighted by molar-refractivity contribution is -0.167. The van der Waals surface area contributed by atoms with E-state index in [-0.39, 0.29) is 31.1 Å². The average molecular weight is 1090 g/mol. The Kier molecular flexibility index (Phi) is 63.7. The van der Waals surface area contributed by atoms with Crippen LogP contribution in [-0.4, -0.2) is 37.2 Å². The molecule has 0 radical (unpaired) electrons. The first-order valence-corrected chi connectivity index (χ1v) is 33.9. The Bertz CT molecular complexity index is 1440. The summed E-state index contributed by atoms with van der Waals surface area (Å²) in [5.74, 6) is -0.883. The van der Waals surface area contributed by atoms with Crippen molar-refractivity contribution in [3.8, 4) is 0 Å². The lowest BCUT2D eigenvalue weighted by Crippen LogP contribution is -2.30. The molecule has 0 heterocycles. The molecule has 0 aromatic heterocycles. The van der Waals surface area contributed by atoms with E-state index in [4.69, 9.17) is 14.2 Å². The van der Waals surface area contributed by atoms with Gasteiger partial charge in [0.25, 0.3) is 0 Å². The molecule has 0 amide bonds. The molecule has 0 aliphatic rings. The second kappa shape index (κ2) is 66.4. The van der Waals surface area contributed by atoms with Gasteiger partial charge in [-0.1, -0.05) is 293 Å². The van der Waals surface area contributed by atoms with E-state index in [1.54, 1.807) is 0 Å². The van der Waals surface area contributed by atoms with Crippen molar-refractivity contribution in [1.82, 2.24) is 0 Å². The number of hydrogen-bond donors (Lipinski definition) is 0. The highest BCUT2D eigenvalue weighted by atomic mass is 16.6. The molecule has 1 unspecified atom stereocenters. The molecule has 0 N–H and O–H groups in total. The van der Waals surface area contributed by atoms with Crippen LogP contribution in [0.4, 0.5) is 0 Å². The second-order valence-electron chi connectivity index (χ2n) is 22.7. The van der Waals surface area contributed by atoms with Crippen LogP contribution >= 0.6 is 0 Å². The third kappa shape index (κ3) is 63.7. The van der Waals surface area contributed by atoms with Gasteiger partial charge in [-0.15, -0.1) is 0 Å². The topological polar surface area (TPSA) is 78.9 Å². The van der Waals surface area contributed by atoms with Gasteiger partial charge in [0.05, 0.1) is 0 Å². The molecule has 78 heavy (non-hydrogen) atoms. The van der Waals surface area contributed by atoms with Gasteiger partial charge in [-0.05, 0) is 109 Å². The van der Waals surface area contributed by atoms with E-state index in [0.717, 1.165) is 96.3 Å². The van der Waals surface area contributed by atoms with Crippen molar-refractivity contribution < 1.29 is 28.6 Å². The summed E-state index contributed by atoms with van der Waals surface area (Å²) < 4.78 is 16.9. The highest BCUT2D eigenvalue weighted by Crippen LogP contribution is 2.17. The van der Waals surface area contributed by atoms with Crippen LogP contribution < -0.4 is 0 Å². The first-order chi connectivity index (χ1) is 38.5. The Labute approximate surface area is 484 Å². The summed E-state index contributed by atoms with van der Waals surface area (Å²) in [4.78, 5) is 38.2. The zero-order valence-corrected chi connectivity index (χ0v) is 51.9. The molecule has 0 spiro atoms. The second-order valence-corrected chi connectivity index (χ2v) is 22.7. The molecule has 0 aromatic carbocycles. The number of carbonyl (C=O) groups excluding carboxylic acids is 3. The van der Waals surface area contributed by atoms with Crippen LogP contribution in [0.15, 0.2) is 72.9 Å². The summed E-state index contributed by atoms with van der Waals surface area (Å²) >= 11 is 0. The van der Waals surface area contributed by atoms with E-state index in [9.17, 15) is 14.4 Å². The van der Waals surface area contributed by atoms with Crippen LogP contribution in [0.1, 0.15) is 348 Å². The minimum atomic E-state index is -0.781. The Morgan fingerprint density at radius 3 is 0.808 bits per heavy atom. The molecular formula is C72H128O6. The smallest absolute Gasteiger partial charge is 0.306 e. The molecule has 0 aromatic rings. The van der Waals surface area contributed by atoms with E-state index in [0.29, 0.717) is 19.3 Å². The van der Waals surface area contributed by atoms with E-state index in [1.807, 2.05) is 0 Å². The van der Waals surface area contributed by atoms with Gasteiger partial charge in [-0.25, -0.2) is 0 Å². The van der Waals surface area contributed by atoms with Gasteiger partial charge in [0.2, 0.25) is 0 Å². The number of hydrogen-bond acceptors (Lipinski definition) is 6. The summed E-state index contributed by atoms with van der Waals surface area (Å²) in [5.41, 5.74) is 0. The standard InChI is InChI=1S/C72H128O6/c1-4-7-10-13-16-19-22-24-26-28-29-30-31-32-33-34-35-36-37-38-39-40-41-42-43-45-46-48-50-53-56-59-62-65-71(74)77-68-69(67-76-70(73)64-61-58-55-52-21-18-15-12-9-6-3)78-72(75)66-63-60-57-54-51-49-47-44-27-25-23-20-17-14-11-8-5-2/h12,15,17,20,22,24-25,27-29,31-32,69H,4-11,13-14,16,18-19,21,23,26,30,33-68H2,1-3H3/b15-12-,20-17-,24-22-,27-25-,29-28-,32-31-. The number of unbranched alkanes of at least 4 members (excludes halogenated alkanes) is 39. The van der Waals surface area contributed by atoms with E-state index < -0.39 is 6.10 Å². The van der Waals surface area contributed by atoms with Gasteiger partial charge in [-0.3, -0.25) is 14.4 Å². The third-order valence-electron chi connectivity index (χ3n) is 14.9. The molecule has 0 bridgehead atoms. The van der Waals surface area contributed by atoms with Crippen molar-refractivity contribution in [3.63, 3.8) is 0 Å². The molecular weight excluding hydrogens is 961 g/mol. The zero-order valence-electron chi connectivity index (χ0n) is 51.9. The highest BCUT2D eigenvalue weighted by Gasteiger charge is 2.19. The maximum atomic E-state index is 12.9. The largest absolute Gasteiger partial charge is 0.462 e. The maximum Gasteiger partial charge on any atom is 0.306 e. The predicted octanol–water partition coefficient (Wildman–Crippen LogP) is 23.3. The minimum absolute atomic E-state index is 0.0783. The quantitative estimate of drug-likeness (QED) is 0.0261. The van der Waals surface area contributed by atoms with E-state index >= 15 is 0 Å². The SMILES string of the molecule is CCC/C=C\CCCCCCCC(=O)OCC(COC(=O)CCCCCCCCCCCCCCCCCCCC/C=C\C/C=C\C/C=C\CCCCCCC)OC(=O)CCCCCCCCC/C=C\C/C=C\CCCCC. The molecule has 6 nitrogen and oxygen atoms in total. The molecule has 6 heteroatoms. The first-order valence-electron chi connectivity index (χ1n) is 33.9. The van der Waals surface area contributed by atoms with Crippen molar-refractivity contribution in [1.29, 1.82) is 0 Å². The Morgan fingerprint density at radius 1 is 0.256 bits per heavy atom. The van der Waals surface area contributed by atoms with Crippen LogP contribution in [0.3, 0.4) is 0 Å². The van der Waals surface area contributed by atoms with Crippen molar-refractivity contribution in [3.05, 3.63) is 72.9 Å². The summed E-state index contributed by atoms with van der Waals surface area (Å²) in [7, 11) is 0. The maximum absolute atomic E-state index is 12.9. The van der Waals surface area contributed by atoms with Gasteiger partial charge in [0.1, 0.15) is 13.2 Å². The molecule has 0 saturated heterocycles. The van der Waals surface area contributed by atoms with Gasteiger partial charge in [0.15, 0.2) is 6.10 Å². The third-order valence-corrected chi connectivity index (χ3v) is 14.9. The van der Waals surface area contributed by atoms with Crippen molar-refractivity contribution in [2.45, 2.75) is 354 Å². The van der Waals surface area contributed by atoms with Crippen molar-refractivity contribution in [2.75, 3.05) is 13.2 Å². The van der Waals surface area contributed by atoms with Crippen LogP contribution in [0, 0.1) is 0 Å². The molecule has 0 saturated carbocycles. The monoisotopic (exact) mass is 1090 g/mol. The Balaban J connectivity index is 4.09. The minimum Gasteiger partial charge on any atom is -0.462 e. The Morgan fingerprint density at radius 2 is 0.487 bits per heavy atom. The van der Waals surface area contributed by atoms with Crippen LogP contribution in [0.5, 0.6) is 0 Å². The molecule has 0 fully saturated rings. The van der Waals surface area contributed by atoms with Gasteiger partial charge in [0, 0.05) is 19.3 Å². The number of rotatable bonds is 62. The van der Waals surface area contributed by atoms with Gasteiger partial charge < -0.3 is 14.2 Å². The van der Waals surface area contributed by atoms with Crippen LogP contribution in [0.2, 0.25) is 0 Å². The fourth-order valence-electron chi connectivity index (χ4n) is 9.78. The van der Waals surface area contributed by atoms with E-state index in [1.165, 1.54) is 212 Å². The predicted molar refractivity (Wildman–Crippen MR) is 339 cm³/mol. The first kappa shape index (κ1) is 74.8. The number of carbonyl (C=O) groups is 3. The van der Waals surface area contributed by atoms with Gasteiger partial charge in [-0.2, -0.15) is 0 Å². The summed E-state index contributed by atoms with van der Waals surface area (Å²) in [6.07, 6.45) is 86.5. The normalized spacial score (nSPS) is 12.5. The highest BCUT2D eigenvalue weighted by molar-refractivity contribution is 5.71. The fraction of sp³-hybridized carbons (Fsp3) is 0.792.